The quantitative estimate of drug-likeness (QED) is 0.804. The molecule has 94 valence electrons. The van der Waals surface area contributed by atoms with Crippen molar-refractivity contribution in [3.8, 4) is 0 Å². The Bertz CT molecular complexity index is 378. The molecule has 0 heterocycles. The summed E-state index contributed by atoms with van der Waals surface area (Å²) in [5.41, 5.74) is 5.43. The van der Waals surface area contributed by atoms with Crippen LogP contribution in [0.15, 0.2) is 18.2 Å². The van der Waals surface area contributed by atoms with Crippen molar-refractivity contribution in [1.82, 2.24) is 4.90 Å². The fourth-order valence-corrected chi connectivity index (χ4v) is 1.37. The van der Waals surface area contributed by atoms with Gasteiger partial charge in [0.2, 0.25) is 5.91 Å². The molecule has 1 amide bonds. The van der Waals surface area contributed by atoms with Crippen molar-refractivity contribution in [2.45, 2.75) is 0 Å². The second-order valence-electron chi connectivity index (χ2n) is 3.73. The minimum atomic E-state index is -0.726. The Hall–Kier alpha value is -1.53. The number of anilines is 1. The number of amides is 1. The Morgan fingerprint density at radius 3 is 2.47 bits per heavy atom. The predicted octanol–water partition coefficient (Wildman–Crippen LogP) is 0.794. The Morgan fingerprint density at radius 2 is 1.94 bits per heavy atom. The van der Waals surface area contributed by atoms with Crippen molar-refractivity contribution in [3.63, 3.8) is 0 Å². The third-order valence-corrected chi connectivity index (χ3v) is 2.07. The van der Waals surface area contributed by atoms with Crippen molar-refractivity contribution in [2.24, 2.45) is 5.73 Å². The van der Waals surface area contributed by atoms with Crippen LogP contribution in [0.3, 0.4) is 0 Å². The van der Waals surface area contributed by atoms with Crippen LogP contribution in [-0.4, -0.2) is 37.5 Å². The van der Waals surface area contributed by atoms with Gasteiger partial charge in [0.15, 0.2) is 0 Å². The summed E-state index contributed by atoms with van der Waals surface area (Å²) < 4.78 is 25.7. The molecule has 1 rings (SSSR count). The maximum Gasteiger partial charge on any atom is 0.238 e. The van der Waals surface area contributed by atoms with E-state index in [1.807, 2.05) is 0 Å². The molecule has 0 radical (unpaired) electrons. The number of likely N-dealkylation sites (N-methyl/N-ethyl adjacent to an activating group) is 1. The Morgan fingerprint density at radius 1 is 1.35 bits per heavy atom. The van der Waals surface area contributed by atoms with Gasteiger partial charge in [0, 0.05) is 24.8 Å². The summed E-state index contributed by atoms with van der Waals surface area (Å²) >= 11 is 0. The van der Waals surface area contributed by atoms with Gasteiger partial charge in [0.05, 0.1) is 6.54 Å². The lowest BCUT2D eigenvalue weighted by atomic mass is 10.3. The van der Waals surface area contributed by atoms with Gasteiger partial charge < -0.3 is 11.1 Å². The topological polar surface area (TPSA) is 58.4 Å². The summed E-state index contributed by atoms with van der Waals surface area (Å²) in [5, 5.41) is 2.41. The van der Waals surface area contributed by atoms with Crippen LogP contribution in [0.4, 0.5) is 14.5 Å². The van der Waals surface area contributed by atoms with Crippen molar-refractivity contribution in [3.05, 3.63) is 29.8 Å². The number of carbonyl (C=O) groups excluding carboxylic acids is 1. The van der Waals surface area contributed by atoms with Crippen molar-refractivity contribution in [2.75, 3.05) is 32.0 Å². The zero-order chi connectivity index (χ0) is 12.8. The smallest absolute Gasteiger partial charge is 0.238 e. The van der Waals surface area contributed by atoms with Gasteiger partial charge in [-0.05, 0) is 19.2 Å². The molecule has 0 atom stereocenters. The molecule has 0 bridgehead atoms. The van der Waals surface area contributed by atoms with E-state index in [9.17, 15) is 13.6 Å². The maximum absolute atomic E-state index is 12.8. The van der Waals surface area contributed by atoms with E-state index in [4.69, 9.17) is 5.73 Å². The molecule has 17 heavy (non-hydrogen) atoms. The SMILES string of the molecule is CN(CCN)CC(=O)Nc1cc(F)cc(F)c1. The molecular weight excluding hydrogens is 228 g/mol. The number of nitrogens with one attached hydrogen (secondary N) is 1. The third kappa shape index (κ3) is 4.88. The first-order valence-electron chi connectivity index (χ1n) is 5.16. The average Bonchev–Trinajstić information content (AvgIpc) is 2.14. The zero-order valence-electron chi connectivity index (χ0n) is 9.54. The number of rotatable bonds is 5. The highest BCUT2D eigenvalue weighted by molar-refractivity contribution is 5.92. The Kier molecular flexibility index (Phi) is 4.99. The normalized spacial score (nSPS) is 10.6. The van der Waals surface area contributed by atoms with Gasteiger partial charge in [0.1, 0.15) is 11.6 Å². The standard InChI is InChI=1S/C11H15F2N3O/c1-16(3-2-14)7-11(17)15-10-5-8(12)4-9(13)6-10/h4-6H,2-3,7,14H2,1H3,(H,15,17). The van der Waals surface area contributed by atoms with Crippen LogP contribution in [-0.2, 0) is 4.79 Å². The van der Waals surface area contributed by atoms with E-state index in [0.29, 0.717) is 13.1 Å². The van der Waals surface area contributed by atoms with E-state index < -0.39 is 11.6 Å². The summed E-state index contributed by atoms with van der Waals surface area (Å²) in [6.07, 6.45) is 0. The lowest BCUT2D eigenvalue weighted by molar-refractivity contribution is -0.117. The molecule has 1 aromatic carbocycles. The molecule has 6 heteroatoms. The molecule has 0 unspecified atom stereocenters. The van der Waals surface area contributed by atoms with Crippen molar-refractivity contribution >= 4 is 11.6 Å². The molecule has 0 saturated heterocycles. The molecule has 0 aromatic heterocycles. The summed E-state index contributed by atoms with van der Waals surface area (Å²) in [4.78, 5) is 13.2. The molecule has 0 aliphatic heterocycles. The van der Waals surface area contributed by atoms with Crippen LogP contribution in [0.2, 0.25) is 0 Å². The lowest BCUT2D eigenvalue weighted by Gasteiger charge is -2.14. The van der Waals surface area contributed by atoms with Gasteiger partial charge in [-0.25, -0.2) is 8.78 Å². The van der Waals surface area contributed by atoms with Gasteiger partial charge in [0.25, 0.3) is 0 Å². The second kappa shape index (κ2) is 6.27. The third-order valence-electron chi connectivity index (χ3n) is 2.07. The first kappa shape index (κ1) is 13.5. The van der Waals surface area contributed by atoms with Crippen LogP contribution in [0.25, 0.3) is 0 Å². The van der Waals surface area contributed by atoms with Crippen molar-refractivity contribution < 1.29 is 13.6 Å². The number of nitrogens with zero attached hydrogens (tertiary/aromatic N) is 1. The minimum Gasteiger partial charge on any atom is -0.329 e. The minimum absolute atomic E-state index is 0.105. The largest absolute Gasteiger partial charge is 0.329 e. The van der Waals surface area contributed by atoms with Gasteiger partial charge in [-0.3, -0.25) is 9.69 Å². The molecule has 0 saturated carbocycles. The lowest BCUT2D eigenvalue weighted by Crippen LogP contribution is -2.33. The highest BCUT2D eigenvalue weighted by atomic mass is 19.1. The van der Waals surface area contributed by atoms with Gasteiger partial charge >= 0.3 is 0 Å². The van der Waals surface area contributed by atoms with Gasteiger partial charge in [-0.1, -0.05) is 0 Å². The van der Waals surface area contributed by atoms with E-state index in [1.165, 1.54) is 0 Å². The first-order chi connectivity index (χ1) is 8.01. The number of hydrogen-bond donors (Lipinski definition) is 2. The monoisotopic (exact) mass is 243 g/mol. The maximum atomic E-state index is 12.8. The summed E-state index contributed by atoms with van der Waals surface area (Å²) in [6, 6.07) is 2.87. The average molecular weight is 243 g/mol. The number of hydrogen-bond acceptors (Lipinski definition) is 3. The molecule has 4 nitrogen and oxygen atoms in total. The molecular formula is C11H15F2N3O. The van der Waals surface area contributed by atoms with Crippen LogP contribution in [0.5, 0.6) is 0 Å². The number of carbonyl (C=O) groups is 1. The van der Waals surface area contributed by atoms with E-state index in [-0.39, 0.29) is 18.1 Å². The van der Waals surface area contributed by atoms with E-state index >= 15 is 0 Å². The summed E-state index contributed by atoms with van der Waals surface area (Å²) in [7, 11) is 1.73. The predicted molar refractivity (Wildman–Crippen MR) is 61.5 cm³/mol. The summed E-state index contributed by atoms with van der Waals surface area (Å²) in [5.74, 6) is -1.79. The van der Waals surface area contributed by atoms with Crippen LogP contribution >= 0.6 is 0 Å². The highest BCUT2D eigenvalue weighted by Crippen LogP contribution is 2.12. The van der Waals surface area contributed by atoms with E-state index in [0.717, 1.165) is 18.2 Å². The van der Waals surface area contributed by atoms with Gasteiger partial charge in [-0.2, -0.15) is 0 Å². The van der Waals surface area contributed by atoms with Crippen LogP contribution in [0, 0.1) is 11.6 Å². The number of halogens is 2. The van der Waals surface area contributed by atoms with Crippen LogP contribution in [0.1, 0.15) is 0 Å². The Balaban J connectivity index is 2.56. The zero-order valence-corrected chi connectivity index (χ0v) is 9.54. The van der Waals surface area contributed by atoms with E-state index in [2.05, 4.69) is 5.32 Å². The molecule has 0 fully saturated rings. The first-order valence-corrected chi connectivity index (χ1v) is 5.16. The van der Waals surface area contributed by atoms with E-state index in [1.54, 1.807) is 11.9 Å². The fraction of sp³-hybridized carbons (Fsp3) is 0.364. The van der Waals surface area contributed by atoms with Crippen LogP contribution < -0.4 is 11.1 Å². The molecule has 3 N–H and O–H groups in total. The molecule has 0 aliphatic rings. The second-order valence-corrected chi connectivity index (χ2v) is 3.73. The fourth-order valence-electron chi connectivity index (χ4n) is 1.37. The number of benzene rings is 1. The van der Waals surface area contributed by atoms with Crippen molar-refractivity contribution in [1.29, 1.82) is 0 Å². The molecule has 0 spiro atoms. The van der Waals surface area contributed by atoms with Gasteiger partial charge in [-0.15, -0.1) is 0 Å². The molecule has 1 aromatic rings. The molecule has 0 aliphatic carbocycles. The Labute approximate surface area is 98.4 Å². The summed E-state index contributed by atoms with van der Waals surface area (Å²) in [6.45, 7) is 1.14. The number of nitrogens with two attached hydrogens (primary N) is 1. The highest BCUT2D eigenvalue weighted by Gasteiger charge is 2.07.